The van der Waals surface area contributed by atoms with Crippen molar-refractivity contribution in [2.45, 2.75) is 25.4 Å². The number of nitrogen functional groups attached to an aromatic ring is 1. The van der Waals surface area contributed by atoms with Gasteiger partial charge in [0, 0.05) is 32.9 Å². The molecule has 1 unspecified atom stereocenters. The summed E-state index contributed by atoms with van der Waals surface area (Å²) in [5.41, 5.74) is 7.91. The number of piperidine rings is 1. The molecule has 2 rings (SSSR count). The second-order valence-electron chi connectivity index (χ2n) is 5.53. The third-order valence-electron chi connectivity index (χ3n) is 3.99. The van der Waals surface area contributed by atoms with Crippen molar-refractivity contribution >= 4 is 17.3 Å². The fraction of sp³-hybridized carbons (Fsp3) is 0.533. The summed E-state index contributed by atoms with van der Waals surface area (Å²) >= 11 is 0. The van der Waals surface area contributed by atoms with Gasteiger partial charge in [0.1, 0.15) is 0 Å². The number of methoxy groups -OCH3 is 1. The van der Waals surface area contributed by atoms with Crippen molar-refractivity contribution in [2.75, 3.05) is 37.9 Å². The average molecular weight is 277 g/mol. The maximum absolute atomic E-state index is 12.0. The van der Waals surface area contributed by atoms with Crippen LogP contribution in [0.3, 0.4) is 0 Å². The predicted octanol–water partition coefficient (Wildman–Crippen LogP) is 1.63. The standard InChI is InChI=1S/C15H23N3O2/c1-15(20-3)7-4-8-18(10-15)13-9-11(16)5-6-12(13)14(19)17-2/h5-6,9H,4,7-8,10,16H2,1-3H3,(H,17,19). The largest absolute Gasteiger partial charge is 0.399 e. The Morgan fingerprint density at radius 3 is 2.90 bits per heavy atom. The van der Waals surface area contributed by atoms with E-state index in [2.05, 4.69) is 17.1 Å². The van der Waals surface area contributed by atoms with Crippen LogP contribution >= 0.6 is 0 Å². The SMILES string of the molecule is CNC(=O)c1ccc(N)cc1N1CCCC(C)(OC)C1. The van der Waals surface area contributed by atoms with E-state index in [4.69, 9.17) is 10.5 Å². The smallest absolute Gasteiger partial charge is 0.253 e. The number of nitrogens with zero attached hydrogens (tertiary/aromatic N) is 1. The molecule has 0 aromatic heterocycles. The van der Waals surface area contributed by atoms with Crippen LogP contribution < -0.4 is 16.0 Å². The number of hydrogen-bond donors (Lipinski definition) is 2. The Balaban J connectivity index is 2.36. The van der Waals surface area contributed by atoms with Gasteiger partial charge in [-0.3, -0.25) is 4.79 Å². The second kappa shape index (κ2) is 5.71. The molecule has 110 valence electrons. The Labute approximate surface area is 120 Å². The van der Waals surface area contributed by atoms with Crippen LogP contribution in [0.15, 0.2) is 18.2 Å². The van der Waals surface area contributed by atoms with Crippen LogP contribution in [-0.2, 0) is 4.74 Å². The average Bonchev–Trinajstić information content (AvgIpc) is 2.46. The second-order valence-corrected chi connectivity index (χ2v) is 5.53. The van der Waals surface area contributed by atoms with Crippen LogP contribution in [0.4, 0.5) is 11.4 Å². The van der Waals surface area contributed by atoms with Crippen molar-refractivity contribution in [3.63, 3.8) is 0 Å². The van der Waals surface area contributed by atoms with Gasteiger partial charge in [-0.25, -0.2) is 0 Å². The molecule has 0 saturated carbocycles. The molecule has 0 bridgehead atoms. The molecule has 1 heterocycles. The predicted molar refractivity (Wildman–Crippen MR) is 81.1 cm³/mol. The lowest BCUT2D eigenvalue weighted by Crippen LogP contribution is -2.48. The number of amides is 1. The highest BCUT2D eigenvalue weighted by atomic mass is 16.5. The fourth-order valence-corrected chi connectivity index (χ4v) is 2.71. The van der Waals surface area contributed by atoms with Crippen LogP contribution in [0.5, 0.6) is 0 Å². The number of carbonyl (C=O) groups excluding carboxylic acids is 1. The number of rotatable bonds is 3. The number of benzene rings is 1. The van der Waals surface area contributed by atoms with Gasteiger partial charge in [-0.15, -0.1) is 0 Å². The van der Waals surface area contributed by atoms with E-state index in [0.29, 0.717) is 11.3 Å². The Bertz CT molecular complexity index is 504. The number of ether oxygens (including phenoxy) is 1. The summed E-state index contributed by atoms with van der Waals surface area (Å²) in [6.07, 6.45) is 2.06. The first-order valence-electron chi connectivity index (χ1n) is 6.91. The lowest BCUT2D eigenvalue weighted by atomic mass is 9.93. The number of hydrogen-bond acceptors (Lipinski definition) is 4. The molecule has 1 saturated heterocycles. The van der Waals surface area contributed by atoms with Crippen molar-refractivity contribution < 1.29 is 9.53 Å². The van der Waals surface area contributed by atoms with E-state index in [-0.39, 0.29) is 11.5 Å². The van der Waals surface area contributed by atoms with Crippen molar-refractivity contribution in [2.24, 2.45) is 0 Å². The normalized spacial score (nSPS) is 22.6. The topological polar surface area (TPSA) is 67.6 Å². The molecule has 20 heavy (non-hydrogen) atoms. The lowest BCUT2D eigenvalue weighted by Gasteiger charge is -2.41. The Morgan fingerprint density at radius 1 is 1.50 bits per heavy atom. The first-order valence-corrected chi connectivity index (χ1v) is 6.91. The molecule has 0 spiro atoms. The van der Waals surface area contributed by atoms with E-state index in [1.54, 1.807) is 26.3 Å². The molecule has 1 aromatic rings. The summed E-state index contributed by atoms with van der Waals surface area (Å²) in [5, 5.41) is 2.68. The quantitative estimate of drug-likeness (QED) is 0.824. The Hall–Kier alpha value is -1.75. The summed E-state index contributed by atoms with van der Waals surface area (Å²) in [6.45, 7) is 3.77. The maximum Gasteiger partial charge on any atom is 0.253 e. The van der Waals surface area contributed by atoms with Crippen molar-refractivity contribution in [3.8, 4) is 0 Å². The lowest BCUT2D eigenvalue weighted by molar-refractivity contribution is -0.00469. The fourth-order valence-electron chi connectivity index (χ4n) is 2.71. The highest BCUT2D eigenvalue weighted by Crippen LogP contribution is 2.31. The van der Waals surface area contributed by atoms with E-state index in [1.165, 1.54) is 0 Å². The first-order chi connectivity index (χ1) is 9.49. The summed E-state index contributed by atoms with van der Waals surface area (Å²) in [5.74, 6) is -0.0929. The summed E-state index contributed by atoms with van der Waals surface area (Å²) < 4.78 is 5.61. The Morgan fingerprint density at radius 2 is 2.25 bits per heavy atom. The van der Waals surface area contributed by atoms with Crippen LogP contribution in [0.2, 0.25) is 0 Å². The molecule has 1 aliphatic rings. The summed E-state index contributed by atoms with van der Waals surface area (Å²) in [7, 11) is 3.38. The van der Waals surface area contributed by atoms with Gasteiger partial charge in [0.05, 0.1) is 16.9 Å². The molecule has 1 atom stereocenters. The third kappa shape index (κ3) is 2.88. The van der Waals surface area contributed by atoms with Gasteiger partial charge in [0.15, 0.2) is 0 Å². The third-order valence-corrected chi connectivity index (χ3v) is 3.99. The zero-order valence-electron chi connectivity index (χ0n) is 12.4. The van der Waals surface area contributed by atoms with E-state index < -0.39 is 0 Å². The van der Waals surface area contributed by atoms with Crippen LogP contribution in [0.25, 0.3) is 0 Å². The molecule has 1 aliphatic heterocycles. The minimum Gasteiger partial charge on any atom is -0.399 e. The van der Waals surface area contributed by atoms with E-state index >= 15 is 0 Å². The molecule has 0 radical (unpaired) electrons. The van der Waals surface area contributed by atoms with Gasteiger partial charge in [-0.05, 0) is 38.0 Å². The molecule has 5 nitrogen and oxygen atoms in total. The monoisotopic (exact) mass is 277 g/mol. The summed E-state index contributed by atoms with van der Waals surface area (Å²) in [4.78, 5) is 14.2. The minimum atomic E-state index is -0.178. The summed E-state index contributed by atoms with van der Waals surface area (Å²) in [6, 6.07) is 5.40. The van der Waals surface area contributed by atoms with E-state index in [0.717, 1.165) is 31.6 Å². The van der Waals surface area contributed by atoms with Gasteiger partial charge >= 0.3 is 0 Å². The molecule has 5 heteroatoms. The number of carbonyl (C=O) groups is 1. The van der Waals surface area contributed by atoms with Crippen LogP contribution in [-0.4, -0.2) is 38.8 Å². The zero-order valence-corrected chi connectivity index (χ0v) is 12.4. The van der Waals surface area contributed by atoms with Gasteiger partial charge in [-0.2, -0.15) is 0 Å². The molecule has 1 aromatic carbocycles. The van der Waals surface area contributed by atoms with Crippen molar-refractivity contribution in [1.29, 1.82) is 0 Å². The highest BCUT2D eigenvalue weighted by molar-refractivity contribution is 6.00. The zero-order chi connectivity index (χ0) is 14.8. The Kier molecular flexibility index (Phi) is 4.18. The van der Waals surface area contributed by atoms with Gasteiger partial charge < -0.3 is 20.7 Å². The van der Waals surface area contributed by atoms with E-state index in [1.807, 2.05) is 6.07 Å². The number of nitrogens with one attached hydrogen (secondary N) is 1. The molecule has 1 fully saturated rings. The maximum atomic E-state index is 12.0. The first kappa shape index (κ1) is 14.7. The molecule has 0 aliphatic carbocycles. The van der Waals surface area contributed by atoms with Crippen molar-refractivity contribution in [3.05, 3.63) is 23.8 Å². The van der Waals surface area contributed by atoms with Gasteiger partial charge in [-0.1, -0.05) is 0 Å². The molecular weight excluding hydrogens is 254 g/mol. The van der Waals surface area contributed by atoms with Crippen LogP contribution in [0.1, 0.15) is 30.1 Å². The van der Waals surface area contributed by atoms with Gasteiger partial charge in [0.25, 0.3) is 5.91 Å². The van der Waals surface area contributed by atoms with E-state index in [9.17, 15) is 4.79 Å². The molecule has 1 amide bonds. The minimum absolute atomic E-state index is 0.0929. The molecular formula is C15H23N3O2. The van der Waals surface area contributed by atoms with Gasteiger partial charge in [0.2, 0.25) is 0 Å². The number of anilines is 2. The van der Waals surface area contributed by atoms with Crippen LogP contribution in [0, 0.1) is 0 Å². The highest BCUT2D eigenvalue weighted by Gasteiger charge is 2.32. The van der Waals surface area contributed by atoms with Crippen molar-refractivity contribution in [1.82, 2.24) is 5.32 Å². The number of nitrogens with two attached hydrogens (primary N) is 1. The molecule has 3 N–H and O–H groups in total.